The zero-order valence-corrected chi connectivity index (χ0v) is 9.97. The minimum absolute atomic E-state index is 0.114. The van der Waals surface area contributed by atoms with Crippen LogP contribution in [-0.2, 0) is 13.1 Å². The van der Waals surface area contributed by atoms with Crippen molar-refractivity contribution in [2.45, 2.75) is 13.1 Å². The van der Waals surface area contributed by atoms with Crippen LogP contribution < -0.4 is 0 Å². The molecule has 1 aromatic carbocycles. The summed E-state index contributed by atoms with van der Waals surface area (Å²) in [5, 5.41) is 15.4. The summed E-state index contributed by atoms with van der Waals surface area (Å²) in [5.41, 5.74) is 4.35. The summed E-state index contributed by atoms with van der Waals surface area (Å²) < 4.78 is 0. The number of hydrogen-bond donors (Lipinski definition) is 2. The minimum atomic E-state index is -0.991. The molecular formula is C13H13N3O2. The molecule has 0 unspecified atom stereocenters. The first-order valence-corrected chi connectivity index (χ1v) is 5.73. The van der Waals surface area contributed by atoms with Gasteiger partial charge in [-0.3, -0.25) is 10.00 Å². The van der Waals surface area contributed by atoms with Gasteiger partial charge in [-0.1, -0.05) is 12.1 Å². The molecule has 5 nitrogen and oxygen atoms in total. The molecule has 0 amide bonds. The number of benzene rings is 1. The van der Waals surface area contributed by atoms with Gasteiger partial charge in [-0.05, 0) is 30.3 Å². The van der Waals surface area contributed by atoms with Gasteiger partial charge in [-0.25, -0.2) is 4.79 Å². The Hall–Kier alpha value is -2.14. The third kappa shape index (κ3) is 1.78. The maximum Gasteiger partial charge on any atom is 0.353 e. The molecule has 0 spiro atoms. The molecule has 0 saturated heterocycles. The molecule has 3 rings (SSSR count). The third-order valence-electron chi connectivity index (χ3n) is 3.19. The van der Waals surface area contributed by atoms with Gasteiger partial charge in [0.05, 0.1) is 5.69 Å². The molecular weight excluding hydrogens is 230 g/mol. The van der Waals surface area contributed by atoms with Crippen LogP contribution in [0.15, 0.2) is 24.3 Å². The second kappa shape index (κ2) is 3.96. The van der Waals surface area contributed by atoms with Crippen LogP contribution >= 0.6 is 0 Å². The lowest BCUT2D eigenvalue weighted by Crippen LogP contribution is -2.07. The number of aromatic amines is 1. The highest BCUT2D eigenvalue weighted by Crippen LogP contribution is 2.27. The predicted octanol–water partition coefficient (Wildman–Crippen LogP) is 1.72. The predicted molar refractivity (Wildman–Crippen MR) is 66.2 cm³/mol. The Kier molecular flexibility index (Phi) is 2.41. The summed E-state index contributed by atoms with van der Waals surface area (Å²) in [5.74, 6) is -0.991. The Morgan fingerprint density at radius 3 is 2.83 bits per heavy atom. The molecule has 2 heterocycles. The van der Waals surface area contributed by atoms with Gasteiger partial charge < -0.3 is 5.11 Å². The van der Waals surface area contributed by atoms with Crippen molar-refractivity contribution in [2.24, 2.45) is 0 Å². The SMILES string of the molecule is CN1Cc2ccc(-c3cc(C(=O)O)[nH]n3)cc2C1. The molecule has 0 fully saturated rings. The van der Waals surface area contributed by atoms with Crippen LogP contribution in [0.4, 0.5) is 0 Å². The fourth-order valence-electron chi connectivity index (χ4n) is 2.30. The molecule has 0 saturated carbocycles. The van der Waals surface area contributed by atoms with Gasteiger partial charge in [0.25, 0.3) is 0 Å². The molecule has 0 radical (unpaired) electrons. The molecule has 92 valence electrons. The van der Waals surface area contributed by atoms with Crippen LogP contribution in [0.25, 0.3) is 11.3 Å². The molecule has 2 N–H and O–H groups in total. The van der Waals surface area contributed by atoms with Gasteiger partial charge in [-0.15, -0.1) is 0 Å². The summed E-state index contributed by atoms with van der Waals surface area (Å²) in [6.45, 7) is 1.90. The molecule has 1 aliphatic heterocycles. The maximum absolute atomic E-state index is 10.8. The quantitative estimate of drug-likeness (QED) is 0.842. The normalized spacial score (nSPS) is 14.7. The zero-order chi connectivity index (χ0) is 12.7. The Morgan fingerprint density at radius 2 is 2.11 bits per heavy atom. The molecule has 0 atom stereocenters. The van der Waals surface area contributed by atoms with Gasteiger partial charge in [0.15, 0.2) is 0 Å². The first-order valence-electron chi connectivity index (χ1n) is 5.73. The van der Waals surface area contributed by atoms with Crippen molar-refractivity contribution in [3.63, 3.8) is 0 Å². The fraction of sp³-hybridized carbons (Fsp3) is 0.231. The highest BCUT2D eigenvalue weighted by molar-refractivity contribution is 5.86. The van der Waals surface area contributed by atoms with Crippen LogP contribution in [0, 0.1) is 0 Å². The molecule has 5 heteroatoms. The summed E-state index contributed by atoms with van der Waals surface area (Å²) in [6.07, 6.45) is 0. The van der Waals surface area contributed by atoms with Crippen LogP contribution in [0.3, 0.4) is 0 Å². The number of nitrogens with zero attached hydrogens (tertiary/aromatic N) is 2. The van der Waals surface area contributed by atoms with E-state index in [2.05, 4.69) is 34.3 Å². The van der Waals surface area contributed by atoms with E-state index in [4.69, 9.17) is 5.11 Å². The fourth-order valence-corrected chi connectivity index (χ4v) is 2.30. The molecule has 18 heavy (non-hydrogen) atoms. The molecule has 0 aliphatic carbocycles. The number of fused-ring (bicyclic) bond motifs is 1. The third-order valence-corrected chi connectivity index (χ3v) is 3.19. The number of H-pyrrole nitrogens is 1. The van der Waals surface area contributed by atoms with E-state index in [0.29, 0.717) is 5.69 Å². The number of aromatic nitrogens is 2. The van der Waals surface area contributed by atoms with Crippen molar-refractivity contribution in [1.29, 1.82) is 0 Å². The van der Waals surface area contributed by atoms with Crippen LogP contribution in [0.2, 0.25) is 0 Å². The van der Waals surface area contributed by atoms with E-state index in [-0.39, 0.29) is 5.69 Å². The van der Waals surface area contributed by atoms with Gasteiger partial charge in [0, 0.05) is 18.7 Å². The molecule has 2 aromatic rings. The van der Waals surface area contributed by atoms with Crippen molar-refractivity contribution in [2.75, 3.05) is 7.05 Å². The number of carboxylic acids is 1. The first-order chi connectivity index (χ1) is 8.63. The number of hydrogen-bond acceptors (Lipinski definition) is 3. The van der Waals surface area contributed by atoms with Crippen molar-refractivity contribution >= 4 is 5.97 Å². The second-order valence-corrected chi connectivity index (χ2v) is 4.63. The van der Waals surface area contributed by atoms with E-state index < -0.39 is 5.97 Å². The van der Waals surface area contributed by atoms with E-state index in [9.17, 15) is 4.79 Å². The number of carboxylic acid groups (broad SMARTS) is 1. The van der Waals surface area contributed by atoms with E-state index in [0.717, 1.165) is 18.7 Å². The van der Waals surface area contributed by atoms with Crippen molar-refractivity contribution < 1.29 is 9.90 Å². The van der Waals surface area contributed by atoms with E-state index >= 15 is 0 Å². The summed E-state index contributed by atoms with van der Waals surface area (Å²) in [7, 11) is 2.08. The largest absolute Gasteiger partial charge is 0.477 e. The molecule has 1 aliphatic rings. The van der Waals surface area contributed by atoms with Crippen molar-refractivity contribution in [1.82, 2.24) is 15.1 Å². The summed E-state index contributed by atoms with van der Waals surface area (Å²) >= 11 is 0. The van der Waals surface area contributed by atoms with Crippen molar-refractivity contribution in [3.8, 4) is 11.3 Å². The Morgan fingerprint density at radius 1 is 1.33 bits per heavy atom. The Labute approximate surface area is 104 Å². The van der Waals surface area contributed by atoms with E-state index in [1.807, 2.05) is 6.07 Å². The lowest BCUT2D eigenvalue weighted by atomic mass is 10.0. The lowest BCUT2D eigenvalue weighted by Gasteiger charge is -2.02. The van der Waals surface area contributed by atoms with Crippen LogP contribution in [0.1, 0.15) is 21.6 Å². The van der Waals surface area contributed by atoms with Crippen LogP contribution in [-0.4, -0.2) is 33.2 Å². The Bertz CT molecular complexity index is 618. The summed E-state index contributed by atoms with van der Waals surface area (Å²) in [4.78, 5) is 13.0. The number of rotatable bonds is 2. The smallest absolute Gasteiger partial charge is 0.353 e. The highest BCUT2D eigenvalue weighted by atomic mass is 16.4. The molecule has 0 bridgehead atoms. The first kappa shape index (κ1) is 11.0. The van der Waals surface area contributed by atoms with E-state index in [1.54, 1.807) is 6.07 Å². The van der Waals surface area contributed by atoms with Gasteiger partial charge >= 0.3 is 5.97 Å². The van der Waals surface area contributed by atoms with Crippen molar-refractivity contribution in [3.05, 3.63) is 41.1 Å². The zero-order valence-electron chi connectivity index (χ0n) is 9.97. The topological polar surface area (TPSA) is 69.2 Å². The average molecular weight is 243 g/mol. The average Bonchev–Trinajstić information content (AvgIpc) is 2.91. The van der Waals surface area contributed by atoms with Crippen LogP contribution in [0.5, 0.6) is 0 Å². The van der Waals surface area contributed by atoms with E-state index in [1.165, 1.54) is 11.1 Å². The second-order valence-electron chi connectivity index (χ2n) is 4.63. The Balaban J connectivity index is 1.97. The number of aromatic carboxylic acids is 1. The van der Waals surface area contributed by atoms with Gasteiger partial charge in [0.1, 0.15) is 5.69 Å². The monoisotopic (exact) mass is 243 g/mol. The van der Waals surface area contributed by atoms with Gasteiger partial charge in [-0.2, -0.15) is 5.10 Å². The maximum atomic E-state index is 10.8. The molecule has 1 aromatic heterocycles. The summed E-state index contributed by atoms with van der Waals surface area (Å²) in [6, 6.07) is 7.71. The lowest BCUT2D eigenvalue weighted by molar-refractivity contribution is 0.0690. The number of nitrogens with one attached hydrogen (secondary N) is 1. The minimum Gasteiger partial charge on any atom is -0.477 e. The van der Waals surface area contributed by atoms with Gasteiger partial charge in [0.2, 0.25) is 0 Å². The standard InChI is InChI=1S/C13H13N3O2/c1-16-6-9-3-2-8(4-10(9)7-16)11-5-12(13(17)18)15-14-11/h2-5H,6-7H2,1H3,(H,14,15)(H,17,18). The number of carbonyl (C=O) groups is 1. The highest BCUT2D eigenvalue weighted by Gasteiger charge is 2.17.